The number of sulfonamides is 1. The average Bonchev–Trinajstić information content (AvgIpc) is 2.29. The summed E-state index contributed by atoms with van der Waals surface area (Å²) >= 11 is 11.2. The Kier molecular flexibility index (Phi) is 5.14. The lowest BCUT2D eigenvalue weighted by molar-refractivity contribution is 0.0504. The normalized spacial score (nSPS) is 11.4. The van der Waals surface area contributed by atoms with Gasteiger partial charge in [0.25, 0.3) is 0 Å². The number of esters is 1. The van der Waals surface area contributed by atoms with Crippen LogP contribution in [0.2, 0.25) is 10.0 Å². The summed E-state index contributed by atoms with van der Waals surface area (Å²) in [5.74, 6) is -2.08. The van der Waals surface area contributed by atoms with Crippen LogP contribution in [0.25, 0.3) is 0 Å². The van der Waals surface area contributed by atoms with Crippen LogP contribution in [-0.2, 0) is 14.8 Å². The number of ether oxygens (including phenoxy) is 1. The zero-order valence-electron chi connectivity index (χ0n) is 9.74. The van der Waals surface area contributed by atoms with Gasteiger partial charge in [0.05, 0.1) is 22.2 Å². The Balaban J connectivity index is 3.45. The van der Waals surface area contributed by atoms with Crippen molar-refractivity contribution in [2.45, 2.75) is 18.2 Å². The van der Waals surface area contributed by atoms with E-state index < -0.39 is 42.3 Å². The molecule has 0 radical (unpaired) electrons. The first-order valence-electron chi connectivity index (χ1n) is 5.07. The first-order chi connectivity index (χ1) is 8.70. The van der Waals surface area contributed by atoms with Gasteiger partial charge in [-0.25, -0.2) is 22.7 Å². The van der Waals surface area contributed by atoms with Crippen LogP contribution in [0.1, 0.15) is 23.7 Å². The number of hydrogen-bond donors (Lipinski definition) is 1. The van der Waals surface area contributed by atoms with Crippen molar-refractivity contribution < 1.29 is 22.3 Å². The summed E-state index contributed by atoms with van der Waals surface area (Å²) in [5.41, 5.74) is -0.443. The van der Waals surface area contributed by atoms with Gasteiger partial charge in [-0.05, 0) is 12.5 Å². The molecule has 0 saturated heterocycles. The molecular formula is C10H10Cl2FNO4S. The molecule has 0 aliphatic rings. The molecule has 0 amide bonds. The van der Waals surface area contributed by atoms with Gasteiger partial charge in [-0.2, -0.15) is 0 Å². The van der Waals surface area contributed by atoms with Crippen molar-refractivity contribution in [3.63, 3.8) is 0 Å². The fraction of sp³-hybridized carbons (Fsp3) is 0.300. The van der Waals surface area contributed by atoms with Crippen LogP contribution < -0.4 is 5.14 Å². The molecule has 9 heteroatoms. The maximum absolute atomic E-state index is 13.5. The van der Waals surface area contributed by atoms with E-state index in [9.17, 15) is 17.6 Å². The molecule has 106 valence electrons. The molecule has 0 bridgehead atoms. The molecule has 0 fully saturated rings. The third kappa shape index (κ3) is 3.56. The van der Waals surface area contributed by atoms with Crippen LogP contribution in [-0.4, -0.2) is 21.0 Å². The van der Waals surface area contributed by atoms with E-state index in [1.54, 1.807) is 6.92 Å². The molecular weight excluding hydrogens is 320 g/mol. The summed E-state index contributed by atoms with van der Waals surface area (Å²) < 4.78 is 40.9. The molecule has 19 heavy (non-hydrogen) atoms. The van der Waals surface area contributed by atoms with E-state index in [2.05, 4.69) is 0 Å². The number of carbonyl (C=O) groups is 1. The van der Waals surface area contributed by atoms with Gasteiger partial charge in [0.2, 0.25) is 10.0 Å². The number of rotatable bonds is 4. The summed E-state index contributed by atoms with van der Waals surface area (Å²) in [6.45, 7) is 1.84. The monoisotopic (exact) mass is 329 g/mol. The van der Waals surface area contributed by atoms with Crippen molar-refractivity contribution in [1.82, 2.24) is 0 Å². The van der Waals surface area contributed by atoms with Gasteiger partial charge in [0.1, 0.15) is 10.7 Å². The fourth-order valence-electron chi connectivity index (χ4n) is 1.25. The van der Waals surface area contributed by atoms with Crippen LogP contribution in [0.3, 0.4) is 0 Å². The zero-order valence-corrected chi connectivity index (χ0v) is 12.1. The Morgan fingerprint density at radius 1 is 1.42 bits per heavy atom. The molecule has 0 spiro atoms. The number of hydrogen-bond acceptors (Lipinski definition) is 4. The maximum Gasteiger partial charge on any atom is 0.339 e. The van der Waals surface area contributed by atoms with E-state index in [0.29, 0.717) is 12.5 Å². The number of carbonyl (C=O) groups excluding carboxylic acids is 1. The molecule has 0 unspecified atom stereocenters. The third-order valence-electron chi connectivity index (χ3n) is 2.06. The van der Waals surface area contributed by atoms with E-state index in [4.69, 9.17) is 33.1 Å². The molecule has 0 saturated carbocycles. The maximum atomic E-state index is 13.5. The lowest BCUT2D eigenvalue weighted by Gasteiger charge is -2.10. The first kappa shape index (κ1) is 16.2. The molecule has 0 heterocycles. The van der Waals surface area contributed by atoms with Crippen molar-refractivity contribution in [2.24, 2.45) is 5.14 Å². The standard InChI is InChI=1S/C10H10Cl2FNO4S/c1-2-3-18-10(15)5-4-6(13)8(12)9(7(5)11)19(14,16)17/h4H,2-3H2,1H3,(H2,14,16,17). The predicted octanol–water partition coefficient (Wildman–Crippen LogP) is 2.35. The molecule has 5 nitrogen and oxygen atoms in total. The molecule has 1 aromatic carbocycles. The van der Waals surface area contributed by atoms with Gasteiger partial charge in [-0.3, -0.25) is 0 Å². The molecule has 0 aromatic heterocycles. The SMILES string of the molecule is CCCOC(=O)c1cc(F)c(Cl)c(S(N)(=O)=O)c1Cl. The van der Waals surface area contributed by atoms with E-state index >= 15 is 0 Å². The highest BCUT2D eigenvalue weighted by Crippen LogP contribution is 2.34. The van der Waals surface area contributed by atoms with Gasteiger partial charge in [-0.1, -0.05) is 30.1 Å². The molecule has 0 atom stereocenters. The van der Waals surface area contributed by atoms with Crippen molar-refractivity contribution >= 4 is 39.2 Å². The molecule has 1 aromatic rings. The molecule has 0 aliphatic carbocycles. The van der Waals surface area contributed by atoms with Gasteiger partial charge in [0.15, 0.2) is 0 Å². The van der Waals surface area contributed by atoms with Crippen LogP contribution in [0.4, 0.5) is 4.39 Å². The number of benzene rings is 1. The fourth-order valence-corrected chi connectivity index (χ4v) is 3.03. The Morgan fingerprint density at radius 3 is 2.47 bits per heavy atom. The minimum absolute atomic E-state index is 0.0874. The summed E-state index contributed by atoms with van der Waals surface area (Å²) in [4.78, 5) is 10.8. The van der Waals surface area contributed by atoms with E-state index in [1.165, 1.54) is 0 Å². The van der Waals surface area contributed by atoms with Gasteiger partial charge in [0, 0.05) is 0 Å². The quantitative estimate of drug-likeness (QED) is 0.678. The second-order valence-electron chi connectivity index (χ2n) is 3.54. The minimum Gasteiger partial charge on any atom is -0.462 e. The molecule has 2 N–H and O–H groups in total. The highest BCUT2D eigenvalue weighted by molar-refractivity contribution is 7.89. The van der Waals surface area contributed by atoms with Crippen LogP contribution in [0, 0.1) is 5.82 Å². The smallest absolute Gasteiger partial charge is 0.339 e. The second kappa shape index (κ2) is 6.04. The third-order valence-corrected chi connectivity index (χ3v) is 4.02. The van der Waals surface area contributed by atoms with Crippen molar-refractivity contribution in [3.8, 4) is 0 Å². The lowest BCUT2D eigenvalue weighted by Crippen LogP contribution is -2.17. The van der Waals surface area contributed by atoms with E-state index in [-0.39, 0.29) is 6.61 Å². The van der Waals surface area contributed by atoms with Crippen LogP contribution in [0.15, 0.2) is 11.0 Å². The highest BCUT2D eigenvalue weighted by Gasteiger charge is 2.27. The predicted molar refractivity (Wildman–Crippen MR) is 68.4 cm³/mol. The summed E-state index contributed by atoms with van der Waals surface area (Å²) in [6.07, 6.45) is 0.543. The van der Waals surface area contributed by atoms with Crippen molar-refractivity contribution in [3.05, 3.63) is 27.5 Å². The Labute approximate surface area is 119 Å². The van der Waals surface area contributed by atoms with Crippen LogP contribution >= 0.6 is 23.2 Å². The van der Waals surface area contributed by atoms with Gasteiger partial charge < -0.3 is 4.74 Å². The summed E-state index contributed by atoms with van der Waals surface area (Å²) in [7, 11) is -4.37. The minimum atomic E-state index is -4.37. The van der Waals surface area contributed by atoms with Gasteiger partial charge in [-0.15, -0.1) is 0 Å². The Bertz CT molecular complexity index is 618. The van der Waals surface area contributed by atoms with E-state index in [0.717, 1.165) is 0 Å². The second-order valence-corrected chi connectivity index (χ2v) is 5.80. The number of primary sulfonamides is 1. The zero-order chi connectivity index (χ0) is 14.8. The van der Waals surface area contributed by atoms with E-state index in [1.807, 2.05) is 0 Å². The summed E-state index contributed by atoms with van der Waals surface area (Å²) in [5, 5.41) is 3.56. The topological polar surface area (TPSA) is 86.5 Å². The number of nitrogens with two attached hydrogens (primary N) is 1. The lowest BCUT2D eigenvalue weighted by atomic mass is 10.2. The summed E-state index contributed by atoms with van der Waals surface area (Å²) in [6, 6.07) is 0.706. The largest absolute Gasteiger partial charge is 0.462 e. The van der Waals surface area contributed by atoms with Crippen LogP contribution in [0.5, 0.6) is 0 Å². The Hall–Kier alpha value is -0.890. The Morgan fingerprint density at radius 2 is 2.00 bits per heavy atom. The average molecular weight is 330 g/mol. The van der Waals surface area contributed by atoms with Crippen molar-refractivity contribution in [2.75, 3.05) is 6.61 Å². The van der Waals surface area contributed by atoms with Crippen molar-refractivity contribution in [1.29, 1.82) is 0 Å². The van der Waals surface area contributed by atoms with Gasteiger partial charge >= 0.3 is 5.97 Å². The molecule has 0 aliphatic heterocycles. The highest BCUT2D eigenvalue weighted by atomic mass is 35.5. The molecule has 1 rings (SSSR count). The number of halogens is 3. The first-order valence-corrected chi connectivity index (χ1v) is 7.37.